The van der Waals surface area contributed by atoms with Crippen molar-refractivity contribution in [1.82, 2.24) is 4.90 Å². The number of hydrogen-bond acceptors (Lipinski definition) is 11. The number of rotatable bonds is 12. The van der Waals surface area contributed by atoms with Crippen molar-refractivity contribution in [2.75, 3.05) is 19.8 Å². The summed E-state index contributed by atoms with van der Waals surface area (Å²) in [6, 6.07) is 0. The monoisotopic (exact) mass is 495 g/mol. The van der Waals surface area contributed by atoms with Gasteiger partial charge in [-0.05, 0) is 6.42 Å². The molecule has 2 aliphatic rings. The SMILES string of the molecule is CCCCCCCCN(C(C)=O)C1O[C@H](CO)[C@@H](O[C@@H]2O[C@H](CO)[C@H](O)[C@H](O)[C@H]2O)[C@H](O)[C@H]1O. The number of unbranched alkanes of at least 4 members (excludes halogenated alkanes) is 5. The van der Waals surface area contributed by atoms with E-state index >= 15 is 0 Å². The lowest BCUT2D eigenvalue weighted by molar-refractivity contribution is -0.347. The summed E-state index contributed by atoms with van der Waals surface area (Å²) in [7, 11) is 0. The van der Waals surface area contributed by atoms with Gasteiger partial charge in [-0.1, -0.05) is 39.0 Å². The van der Waals surface area contributed by atoms with Crippen LogP contribution in [0.15, 0.2) is 0 Å². The molecule has 0 spiro atoms. The molecule has 1 unspecified atom stereocenters. The Bertz CT molecular complexity index is 607. The smallest absolute Gasteiger partial charge is 0.221 e. The third-order valence-corrected chi connectivity index (χ3v) is 6.44. The lowest BCUT2D eigenvalue weighted by atomic mass is 9.96. The fourth-order valence-corrected chi connectivity index (χ4v) is 4.35. The van der Waals surface area contributed by atoms with E-state index < -0.39 is 74.6 Å². The zero-order valence-electron chi connectivity index (χ0n) is 19.8. The molecule has 2 aliphatic heterocycles. The molecule has 2 heterocycles. The number of hydrogen-bond donors (Lipinski definition) is 7. The molecule has 2 saturated heterocycles. The van der Waals surface area contributed by atoms with E-state index in [9.17, 15) is 40.5 Å². The zero-order chi connectivity index (χ0) is 25.4. The van der Waals surface area contributed by atoms with Gasteiger partial charge >= 0.3 is 0 Å². The summed E-state index contributed by atoms with van der Waals surface area (Å²) in [5.74, 6) is -0.366. The highest BCUT2D eigenvalue weighted by molar-refractivity contribution is 5.73. The number of nitrogens with zero attached hydrogens (tertiary/aromatic N) is 1. The molecule has 0 aromatic heterocycles. The third kappa shape index (κ3) is 7.06. The molecule has 1 amide bonds. The molecule has 0 aromatic carbocycles. The number of ether oxygens (including phenoxy) is 3. The van der Waals surface area contributed by atoms with Gasteiger partial charge in [-0.25, -0.2) is 0 Å². The number of carbonyl (C=O) groups excluding carboxylic acids is 1. The number of aliphatic hydroxyl groups is 7. The Kier molecular flexibility index (Phi) is 12.0. The maximum absolute atomic E-state index is 12.3. The van der Waals surface area contributed by atoms with E-state index in [-0.39, 0.29) is 5.91 Å². The van der Waals surface area contributed by atoms with E-state index in [1.165, 1.54) is 11.8 Å². The van der Waals surface area contributed by atoms with E-state index in [0.29, 0.717) is 13.0 Å². The molecular formula is C22H41NO11. The van der Waals surface area contributed by atoms with Crippen molar-refractivity contribution in [3.8, 4) is 0 Å². The molecule has 0 aromatic rings. The van der Waals surface area contributed by atoms with Crippen LogP contribution in [0.1, 0.15) is 52.4 Å². The Morgan fingerprint density at radius 3 is 2.00 bits per heavy atom. The molecule has 0 radical (unpaired) electrons. The quantitative estimate of drug-likeness (QED) is 0.146. The Labute approximate surface area is 199 Å². The van der Waals surface area contributed by atoms with Gasteiger partial charge in [0.1, 0.15) is 48.8 Å². The van der Waals surface area contributed by atoms with Crippen molar-refractivity contribution >= 4 is 5.91 Å². The fraction of sp³-hybridized carbons (Fsp3) is 0.955. The molecule has 0 aliphatic carbocycles. The van der Waals surface area contributed by atoms with Crippen molar-refractivity contribution in [2.45, 2.75) is 114 Å². The van der Waals surface area contributed by atoms with Crippen LogP contribution in [0.25, 0.3) is 0 Å². The largest absolute Gasteiger partial charge is 0.394 e. The Morgan fingerprint density at radius 2 is 1.41 bits per heavy atom. The predicted molar refractivity (Wildman–Crippen MR) is 117 cm³/mol. The van der Waals surface area contributed by atoms with E-state index in [2.05, 4.69) is 6.92 Å². The first kappa shape index (κ1) is 29.3. The first-order valence-corrected chi connectivity index (χ1v) is 12.0. The van der Waals surface area contributed by atoms with Crippen molar-refractivity contribution in [1.29, 1.82) is 0 Å². The summed E-state index contributed by atoms with van der Waals surface area (Å²) in [6.07, 6.45) is -8.99. The van der Waals surface area contributed by atoms with Crippen LogP contribution in [0.2, 0.25) is 0 Å². The van der Waals surface area contributed by atoms with Crippen LogP contribution in [0, 0.1) is 0 Å². The molecular weight excluding hydrogens is 454 g/mol. The van der Waals surface area contributed by atoms with Gasteiger partial charge < -0.3 is 54.9 Å². The maximum atomic E-state index is 12.3. The van der Waals surface area contributed by atoms with E-state index in [1.54, 1.807) is 0 Å². The van der Waals surface area contributed by atoms with Crippen molar-refractivity contribution in [2.24, 2.45) is 0 Å². The standard InChI is InChI=1S/C22H41NO11/c1-3-4-5-6-7-8-9-23(12(2)26)21-18(30)17(29)20(14(11-25)32-21)34-22-19(31)16(28)15(27)13(10-24)33-22/h13-22,24-25,27-31H,3-11H2,1-2H3/t13-,14-,15+,16+,17-,18-,19-,20-,21?,22+/m1/s1. The minimum atomic E-state index is -1.74. The molecule has 200 valence electrons. The second-order valence-corrected chi connectivity index (χ2v) is 9.01. The van der Waals surface area contributed by atoms with E-state index in [0.717, 1.165) is 32.1 Å². The lowest BCUT2D eigenvalue weighted by Crippen LogP contribution is -2.67. The molecule has 7 N–H and O–H groups in total. The number of aliphatic hydroxyl groups excluding tert-OH is 7. The van der Waals surface area contributed by atoms with Crippen molar-refractivity contribution < 1.29 is 54.8 Å². The van der Waals surface area contributed by atoms with Crippen LogP contribution < -0.4 is 0 Å². The van der Waals surface area contributed by atoms with Gasteiger partial charge in [-0.3, -0.25) is 4.79 Å². The molecule has 12 nitrogen and oxygen atoms in total. The molecule has 2 fully saturated rings. The van der Waals surface area contributed by atoms with Gasteiger partial charge in [0.15, 0.2) is 12.5 Å². The normalized spacial score (nSPS) is 38.6. The number of carbonyl (C=O) groups is 1. The summed E-state index contributed by atoms with van der Waals surface area (Å²) in [5.41, 5.74) is 0. The van der Waals surface area contributed by atoms with Gasteiger partial charge in [0.25, 0.3) is 0 Å². The summed E-state index contributed by atoms with van der Waals surface area (Å²) in [5, 5.41) is 70.8. The average molecular weight is 496 g/mol. The highest BCUT2D eigenvalue weighted by Crippen LogP contribution is 2.30. The summed E-state index contributed by atoms with van der Waals surface area (Å²) < 4.78 is 16.6. The van der Waals surface area contributed by atoms with Gasteiger partial charge in [0, 0.05) is 13.5 Å². The van der Waals surface area contributed by atoms with Gasteiger partial charge in [0.05, 0.1) is 13.2 Å². The Hall–Kier alpha value is -0.930. The fourth-order valence-electron chi connectivity index (χ4n) is 4.35. The summed E-state index contributed by atoms with van der Waals surface area (Å²) in [4.78, 5) is 13.6. The summed E-state index contributed by atoms with van der Waals surface area (Å²) >= 11 is 0. The lowest BCUT2D eigenvalue weighted by Gasteiger charge is -2.48. The Balaban J connectivity index is 2.06. The van der Waals surface area contributed by atoms with Gasteiger partial charge in [-0.2, -0.15) is 0 Å². The minimum absolute atomic E-state index is 0.298. The van der Waals surface area contributed by atoms with Crippen LogP contribution in [0.4, 0.5) is 0 Å². The average Bonchev–Trinajstić information content (AvgIpc) is 2.82. The predicted octanol–water partition coefficient (Wildman–Crippen LogP) is -2.18. The molecule has 10 atom stereocenters. The van der Waals surface area contributed by atoms with Crippen LogP contribution in [0.3, 0.4) is 0 Å². The van der Waals surface area contributed by atoms with Crippen LogP contribution in [-0.4, -0.2) is 128 Å². The molecule has 2 rings (SSSR count). The minimum Gasteiger partial charge on any atom is -0.394 e. The summed E-state index contributed by atoms with van der Waals surface area (Å²) in [6.45, 7) is 2.42. The van der Waals surface area contributed by atoms with Crippen molar-refractivity contribution in [3.05, 3.63) is 0 Å². The first-order chi connectivity index (χ1) is 16.2. The van der Waals surface area contributed by atoms with E-state index in [1.807, 2.05) is 0 Å². The first-order valence-electron chi connectivity index (χ1n) is 12.0. The van der Waals surface area contributed by atoms with Crippen LogP contribution >= 0.6 is 0 Å². The van der Waals surface area contributed by atoms with Crippen LogP contribution in [-0.2, 0) is 19.0 Å². The molecule has 34 heavy (non-hydrogen) atoms. The molecule has 0 bridgehead atoms. The van der Waals surface area contributed by atoms with Crippen molar-refractivity contribution in [3.63, 3.8) is 0 Å². The third-order valence-electron chi connectivity index (χ3n) is 6.44. The Morgan fingerprint density at radius 1 is 0.794 bits per heavy atom. The van der Waals surface area contributed by atoms with E-state index in [4.69, 9.17) is 14.2 Å². The highest BCUT2D eigenvalue weighted by Gasteiger charge is 2.51. The van der Waals surface area contributed by atoms with Crippen LogP contribution in [0.5, 0.6) is 0 Å². The molecule has 12 heteroatoms. The molecule has 0 saturated carbocycles. The van der Waals surface area contributed by atoms with Gasteiger partial charge in [-0.15, -0.1) is 0 Å². The second-order valence-electron chi connectivity index (χ2n) is 9.01. The topological polar surface area (TPSA) is 190 Å². The number of amides is 1. The second kappa shape index (κ2) is 14.0. The van der Waals surface area contributed by atoms with Gasteiger partial charge in [0.2, 0.25) is 5.91 Å². The zero-order valence-corrected chi connectivity index (χ0v) is 19.8. The maximum Gasteiger partial charge on any atom is 0.221 e. The highest BCUT2D eigenvalue weighted by atomic mass is 16.7.